The third kappa shape index (κ3) is 9.39. The van der Waals surface area contributed by atoms with E-state index in [1.807, 2.05) is 13.8 Å². The molecule has 118 valence electrons. The lowest BCUT2D eigenvalue weighted by Crippen LogP contribution is -2.40. The number of hydrogen-bond donors (Lipinski definition) is 3. The van der Waals surface area contributed by atoms with Crippen molar-refractivity contribution in [3.05, 3.63) is 0 Å². The van der Waals surface area contributed by atoms with E-state index in [1.54, 1.807) is 0 Å². The maximum atomic E-state index is 11.6. The molecule has 0 saturated heterocycles. The molecule has 0 bridgehead atoms. The molecule has 1 amide bonds. The molecule has 1 saturated carbocycles. The molecular formula is C14H29IN4O. The molecule has 0 radical (unpaired) electrons. The molecule has 0 aromatic heterocycles. The van der Waals surface area contributed by atoms with Gasteiger partial charge in [-0.15, -0.1) is 24.0 Å². The van der Waals surface area contributed by atoms with Crippen molar-refractivity contribution >= 4 is 35.8 Å². The second-order valence-electron chi connectivity index (χ2n) is 5.22. The Bertz CT molecular complexity index is 306. The summed E-state index contributed by atoms with van der Waals surface area (Å²) in [5.74, 6) is 1.70. The van der Waals surface area contributed by atoms with Gasteiger partial charge < -0.3 is 16.0 Å². The Morgan fingerprint density at radius 3 is 2.55 bits per heavy atom. The standard InChI is InChI=1S/C14H28N4O.HI/c1-4-11(3)18-13(19)8-9-16-14(15-5-2)17-10-12-6-7-12;/h11-12H,4-10H2,1-3H3,(H,18,19)(H2,15,16,17);1H. The van der Waals surface area contributed by atoms with Crippen molar-refractivity contribution in [3.8, 4) is 0 Å². The van der Waals surface area contributed by atoms with E-state index in [0.29, 0.717) is 13.0 Å². The monoisotopic (exact) mass is 396 g/mol. The van der Waals surface area contributed by atoms with Gasteiger partial charge in [-0.05, 0) is 39.0 Å². The fraction of sp³-hybridized carbons (Fsp3) is 0.857. The quantitative estimate of drug-likeness (QED) is 0.334. The van der Waals surface area contributed by atoms with Crippen molar-refractivity contribution in [1.29, 1.82) is 0 Å². The summed E-state index contributed by atoms with van der Waals surface area (Å²) < 4.78 is 0. The lowest BCUT2D eigenvalue weighted by Gasteiger charge is -2.13. The number of hydrogen-bond acceptors (Lipinski definition) is 2. The number of carbonyl (C=O) groups is 1. The van der Waals surface area contributed by atoms with E-state index in [-0.39, 0.29) is 35.9 Å². The van der Waals surface area contributed by atoms with Crippen molar-refractivity contribution in [3.63, 3.8) is 0 Å². The van der Waals surface area contributed by atoms with Crippen LogP contribution in [0.4, 0.5) is 0 Å². The minimum absolute atomic E-state index is 0. The summed E-state index contributed by atoms with van der Waals surface area (Å²) in [5.41, 5.74) is 0. The van der Waals surface area contributed by atoms with Gasteiger partial charge in [-0.1, -0.05) is 6.92 Å². The maximum absolute atomic E-state index is 11.6. The van der Waals surface area contributed by atoms with Crippen molar-refractivity contribution in [2.24, 2.45) is 10.9 Å². The van der Waals surface area contributed by atoms with Gasteiger partial charge in [-0.2, -0.15) is 0 Å². The zero-order chi connectivity index (χ0) is 14.1. The van der Waals surface area contributed by atoms with E-state index < -0.39 is 0 Å². The number of aliphatic imine (C=N–C) groups is 1. The minimum Gasteiger partial charge on any atom is -0.357 e. The highest BCUT2D eigenvalue weighted by Crippen LogP contribution is 2.28. The number of rotatable bonds is 8. The van der Waals surface area contributed by atoms with Gasteiger partial charge in [-0.3, -0.25) is 9.79 Å². The molecule has 1 unspecified atom stereocenters. The highest BCUT2D eigenvalue weighted by Gasteiger charge is 2.20. The first kappa shape index (κ1) is 19.5. The molecule has 1 aliphatic rings. The number of guanidine groups is 1. The smallest absolute Gasteiger partial charge is 0.221 e. The summed E-state index contributed by atoms with van der Waals surface area (Å²) in [7, 11) is 0. The molecule has 6 heteroatoms. The highest BCUT2D eigenvalue weighted by molar-refractivity contribution is 14.0. The van der Waals surface area contributed by atoms with Crippen LogP contribution in [0.3, 0.4) is 0 Å². The molecule has 0 aromatic rings. The van der Waals surface area contributed by atoms with Gasteiger partial charge in [-0.25, -0.2) is 0 Å². The van der Waals surface area contributed by atoms with E-state index in [4.69, 9.17) is 0 Å². The molecule has 0 aromatic carbocycles. The van der Waals surface area contributed by atoms with Gasteiger partial charge in [0.2, 0.25) is 5.91 Å². The Labute approximate surface area is 139 Å². The zero-order valence-corrected chi connectivity index (χ0v) is 15.2. The summed E-state index contributed by atoms with van der Waals surface area (Å²) >= 11 is 0. The van der Waals surface area contributed by atoms with Gasteiger partial charge in [0.1, 0.15) is 0 Å². The van der Waals surface area contributed by atoms with Crippen LogP contribution in [0.2, 0.25) is 0 Å². The first-order valence-corrected chi connectivity index (χ1v) is 7.47. The summed E-state index contributed by atoms with van der Waals surface area (Å²) in [6.07, 6.45) is 4.06. The first-order valence-electron chi connectivity index (χ1n) is 7.47. The summed E-state index contributed by atoms with van der Waals surface area (Å²) in [6.45, 7) is 8.50. The number of carbonyl (C=O) groups excluding carboxylic acids is 1. The molecule has 1 aliphatic carbocycles. The van der Waals surface area contributed by atoms with E-state index in [9.17, 15) is 4.79 Å². The van der Waals surface area contributed by atoms with Crippen LogP contribution in [0.1, 0.15) is 46.5 Å². The first-order chi connectivity index (χ1) is 9.15. The number of halogens is 1. The largest absolute Gasteiger partial charge is 0.357 e. The molecule has 1 rings (SSSR count). The second-order valence-corrected chi connectivity index (χ2v) is 5.22. The predicted molar refractivity (Wildman–Crippen MR) is 94.6 cm³/mol. The average Bonchev–Trinajstić information content (AvgIpc) is 3.19. The van der Waals surface area contributed by atoms with Gasteiger partial charge in [0.25, 0.3) is 0 Å². The normalized spacial score (nSPS) is 16.1. The molecule has 1 atom stereocenters. The molecular weight excluding hydrogens is 367 g/mol. The van der Waals surface area contributed by atoms with Gasteiger partial charge in [0.05, 0.1) is 0 Å². The van der Waals surface area contributed by atoms with Crippen LogP contribution in [0.5, 0.6) is 0 Å². The van der Waals surface area contributed by atoms with Crippen LogP contribution in [-0.4, -0.2) is 37.5 Å². The summed E-state index contributed by atoms with van der Waals surface area (Å²) in [6, 6.07) is 0.254. The Kier molecular flexibility index (Phi) is 10.9. The van der Waals surface area contributed by atoms with E-state index in [0.717, 1.165) is 31.4 Å². The van der Waals surface area contributed by atoms with Crippen molar-refractivity contribution < 1.29 is 4.79 Å². The fourth-order valence-electron chi connectivity index (χ4n) is 1.61. The molecule has 0 heterocycles. The van der Waals surface area contributed by atoms with E-state index in [1.165, 1.54) is 12.8 Å². The van der Waals surface area contributed by atoms with Crippen molar-refractivity contribution in [1.82, 2.24) is 16.0 Å². The van der Waals surface area contributed by atoms with Gasteiger partial charge >= 0.3 is 0 Å². The van der Waals surface area contributed by atoms with Crippen LogP contribution in [0, 0.1) is 5.92 Å². The molecule has 0 spiro atoms. The molecule has 20 heavy (non-hydrogen) atoms. The average molecular weight is 396 g/mol. The number of nitrogens with one attached hydrogen (secondary N) is 3. The van der Waals surface area contributed by atoms with Crippen LogP contribution in [0.15, 0.2) is 4.99 Å². The molecule has 1 fully saturated rings. The topological polar surface area (TPSA) is 65.5 Å². The number of nitrogens with zero attached hydrogens (tertiary/aromatic N) is 1. The molecule has 5 nitrogen and oxygen atoms in total. The Morgan fingerprint density at radius 1 is 1.30 bits per heavy atom. The van der Waals surface area contributed by atoms with Crippen LogP contribution < -0.4 is 16.0 Å². The zero-order valence-electron chi connectivity index (χ0n) is 12.9. The Morgan fingerprint density at radius 2 is 2.00 bits per heavy atom. The third-order valence-electron chi connectivity index (χ3n) is 3.21. The summed E-state index contributed by atoms with van der Waals surface area (Å²) in [4.78, 5) is 16.1. The highest BCUT2D eigenvalue weighted by atomic mass is 127. The second kappa shape index (κ2) is 11.2. The Hall–Kier alpha value is -0.530. The van der Waals surface area contributed by atoms with Gasteiger partial charge in [0.15, 0.2) is 5.96 Å². The lowest BCUT2D eigenvalue weighted by molar-refractivity contribution is -0.121. The maximum Gasteiger partial charge on any atom is 0.221 e. The molecule has 0 aliphatic heterocycles. The Balaban J connectivity index is 0.00000361. The van der Waals surface area contributed by atoms with Crippen LogP contribution in [-0.2, 0) is 4.79 Å². The molecule has 3 N–H and O–H groups in total. The minimum atomic E-state index is 0. The summed E-state index contributed by atoms with van der Waals surface area (Å²) in [5, 5.41) is 9.36. The lowest BCUT2D eigenvalue weighted by atomic mass is 10.2. The van der Waals surface area contributed by atoms with E-state index >= 15 is 0 Å². The van der Waals surface area contributed by atoms with Crippen LogP contribution in [0.25, 0.3) is 0 Å². The van der Waals surface area contributed by atoms with Crippen molar-refractivity contribution in [2.45, 2.75) is 52.5 Å². The van der Waals surface area contributed by atoms with Crippen molar-refractivity contribution in [2.75, 3.05) is 19.6 Å². The van der Waals surface area contributed by atoms with Crippen LogP contribution >= 0.6 is 24.0 Å². The third-order valence-corrected chi connectivity index (χ3v) is 3.21. The predicted octanol–water partition coefficient (Wildman–Crippen LogP) is 1.87. The van der Waals surface area contributed by atoms with E-state index in [2.05, 4.69) is 27.9 Å². The SMILES string of the molecule is CCNC(=NCC1CC1)NCCC(=O)NC(C)CC.I. The van der Waals surface area contributed by atoms with Gasteiger partial charge in [0, 0.05) is 32.1 Å². The fourth-order valence-corrected chi connectivity index (χ4v) is 1.61. The number of amides is 1.